The van der Waals surface area contributed by atoms with Gasteiger partial charge in [0.25, 0.3) is 11.5 Å². The van der Waals surface area contributed by atoms with E-state index in [2.05, 4.69) is 20.6 Å². The van der Waals surface area contributed by atoms with Crippen molar-refractivity contribution in [3.05, 3.63) is 76.3 Å². The molecule has 0 aliphatic rings. The molecule has 0 fully saturated rings. The molecule has 2 aromatic carbocycles. The summed E-state index contributed by atoms with van der Waals surface area (Å²) in [7, 11) is 1.51. The van der Waals surface area contributed by atoms with Crippen LogP contribution in [0.1, 0.15) is 16.1 Å². The lowest BCUT2D eigenvalue weighted by atomic mass is 10.1. The molecule has 4 aromatic rings. The number of amides is 1. The first-order valence-electron chi connectivity index (χ1n) is 8.01. The molecule has 2 heterocycles. The zero-order valence-electron chi connectivity index (χ0n) is 13.9. The minimum atomic E-state index is -0.479. The Bertz CT molecular complexity index is 1220. The van der Waals surface area contributed by atoms with Crippen molar-refractivity contribution < 1.29 is 4.79 Å². The third-order valence-electron chi connectivity index (χ3n) is 4.16. The summed E-state index contributed by atoms with van der Waals surface area (Å²) in [5.41, 5.74) is 4.23. The van der Waals surface area contributed by atoms with Crippen molar-refractivity contribution in [2.45, 2.75) is 0 Å². The summed E-state index contributed by atoms with van der Waals surface area (Å²) in [6.07, 6.45) is 3.39. The van der Waals surface area contributed by atoms with Crippen molar-refractivity contribution in [2.24, 2.45) is 12.1 Å². The Kier molecular flexibility index (Phi) is 3.81. The molecule has 0 spiro atoms. The van der Waals surface area contributed by atoms with E-state index in [0.717, 1.165) is 21.1 Å². The fourth-order valence-electron chi connectivity index (χ4n) is 2.88. The number of nitrogens with one attached hydrogen (secondary N) is 2. The van der Waals surface area contributed by atoms with Crippen molar-refractivity contribution in [1.82, 2.24) is 20.2 Å². The molecule has 0 atom stereocenters. The standard InChI is InChI=1S/C19H15N5O2/c1-24-19(26)15-8-3-2-7-14(15)17(23-24)18(25)22-21-11-12-10-20-16-9-5-4-6-13(12)16/h2-11,20H,1H3,(H,22,25)/b21-11+. The van der Waals surface area contributed by atoms with E-state index >= 15 is 0 Å². The van der Waals surface area contributed by atoms with Gasteiger partial charge in [-0.25, -0.2) is 10.1 Å². The van der Waals surface area contributed by atoms with Gasteiger partial charge in [-0.3, -0.25) is 9.59 Å². The molecular weight excluding hydrogens is 330 g/mol. The molecule has 0 saturated carbocycles. The monoisotopic (exact) mass is 345 g/mol. The minimum Gasteiger partial charge on any atom is -0.361 e. The van der Waals surface area contributed by atoms with Crippen LogP contribution in [0.2, 0.25) is 0 Å². The first-order valence-corrected chi connectivity index (χ1v) is 8.01. The van der Waals surface area contributed by atoms with Gasteiger partial charge in [0.1, 0.15) is 0 Å². The molecule has 0 aliphatic heterocycles. The van der Waals surface area contributed by atoms with Gasteiger partial charge < -0.3 is 4.98 Å². The van der Waals surface area contributed by atoms with Gasteiger partial charge in [-0.2, -0.15) is 10.2 Å². The second-order valence-corrected chi connectivity index (χ2v) is 5.81. The summed E-state index contributed by atoms with van der Waals surface area (Å²) in [6, 6.07) is 14.7. The van der Waals surface area contributed by atoms with Crippen LogP contribution in [0.5, 0.6) is 0 Å². The first kappa shape index (κ1) is 15.8. The van der Waals surface area contributed by atoms with Gasteiger partial charge in [-0.05, 0) is 12.1 Å². The van der Waals surface area contributed by atoms with E-state index in [0.29, 0.717) is 10.8 Å². The van der Waals surface area contributed by atoms with E-state index in [1.54, 1.807) is 30.5 Å². The number of hydrazone groups is 1. The van der Waals surface area contributed by atoms with Gasteiger partial charge in [-0.1, -0.05) is 36.4 Å². The predicted molar refractivity (Wildman–Crippen MR) is 100 cm³/mol. The number of carbonyl (C=O) groups is 1. The number of hydrogen-bond donors (Lipinski definition) is 2. The van der Waals surface area contributed by atoms with Crippen LogP contribution in [0.15, 0.2) is 64.6 Å². The van der Waals surface area contributed by atoms with Crippen LogP contribution in [0.25, 0.3) is 21.7 Å². The molecule has 0 unspecified atom stereocenters. The molecule has 0 saturated heterocycles. The highest BCUT2D eigenvalue weighted by Crippen LogP contribution is 2.16. The predicted octanol–water partition coefficient (Wildman–Crippen LogP) is 2.18. The molecule has 128 valence electrons. The second-order valence-electron chi connectivity index (χ2n) is 5.81. The molecule has 26 heavy (non-hydrogen) atoms. The number of fused-ring (bicyclic) bond motifs is 2. The van der Waals surface area contributed by atoms with Gasteiger partial charge >= 0.3 is 0 Å². The van der Waals surface area contributed by atoms with Gasteiger partial charge in [0.05, 0.1) is 11.6 Å². The Morgan fingerprint density at radius 3 is 2.62 bits per heavy atom. The highest BCUT2D eigenvalue weighted by Gasteiger charge is 2.14. The van der Waals surface area contributed by atoms with Crippen LogP contribution in [-0.4, -0.2) is 26.9 Å². The fraction of sp³-hybridized carbons (Fsp3) is 0.0526. The topological polar surface area (TPSA) is 92.1 Å². The van der Waals surface area contributed by atoms with Crippen molar-refractivity contribution in [1.29, 1.82) is 0 Å². The van der Waals surface area contributed by atoms with Gasteiger partial charge in [0.2, 0.25) is 0 Å². The minimum absolute atomic E-state index is 0.152. The van der Waals surface area contributed by atoms with E-state index in [1.807, 2.05) is 30.5 Å². The zero-order valence-corrected chi connectivity index (χ0v) is 13.9. The summed E-state index contributed by atoms with van der Waals surface area (Å²) in [4.78, 5) is 27.8. The first-order chi connectivity index (χ1) is 12.6. The number of aromatic amines is 1. The molecule has 0 radical (unpaired) electrons. The quantitative estimate of drug-likeness (QED) is 0.440. The van der Waals surface area contributed by atoms with E-state index in [9.17, 15) is 9.59 Å². The van der Waals surface area contributed by atoms with E-state index in [-0.39, 0.29) is 11.3 Å². The molecule has 7 heteroatoms. The maximum Gasteiger partial charge on any atom is 0.292 e. The zero-order chi connectivity index (χ0) is 18.1. The van der Waals surface area contributed by atoms with Crippen LogP contribution in [0.3, 0.4) is 0 Å². The van der Waals surface area contributed by atoms with Crippen LogP contribution in [-0.2, 0) is 7.05 Å². The number of hydrogen-bond acceptors (Lipinski definition) is 4. The maximum atomic E-state index is 12.5. The Labute approximate surface area is 148 Å². The van der Waals surface area contributed by atoms with Crippen molar-refractivity contribution in [2.75, 3.05) is 0 Å². The summed E-state index contributed by atoms with van der Waals surface area (Å²) in [5, 5.41) is 10.1. The van der Waals surface area contributed by atoms with Crippen molar-refractivity contribution in [3.8, 4) is 0 Å². The molecule has 0 bridgehead atoms. The lowest BCUT2D eigenvalue weighted by Crippen LogP contribution is -2.27. The van der Waals surface area contributed by atoms with Gasteiger partial charge in [0, 0.05) is 35.1 Å². The molecule has 2 aromatic heterocycles. The Hall–Kier alpha value is -3.74. The number of aryl methyl sites for hydroxylation is 1. The normalized spacial score (nSPS) is 11.4. The molecule has 0 aliphatic carbocycles. The molecule has 1 amide bonds. The smallest absolute Gasteiger partial charge is 0.292 e. The average Bonchev–Trinajstić information content (AvgIpc) is 3.08. The summed E-state index contributed by atoms with van der Waals surface area (Å²) >= 11 is 0. The molecular formula is C19H15N5O2. The number of aromatic nitrogens is 3. The van der Waals surface area contributed by atoms with Crippen LogP contribution in [0, 0.1) is 0 Å². The molecule has 7 nitrogen and oxygen atoms in total. The molecule has 4 rings (SSSR count). The largest absolute Gasteiger partial charge is 0.361 e. The average molecular weight is 345 g/mol. The second kappa shape index (κ2) is 6.29. The van der Waals surface area contributed by atoms with E-state index in [4.69, 9.17) is 0 Å². The number of H-pyrrole nitrogens is 1. The number of para-hydroxylation sites is 1. The third-order valence-corrected chi connectivity index (χ3v) is 4.16. The Morgan fingerprint density at radius 1 is 1.12 bits per heavy atom. The number of carbonyl (C=O) groups excluding carboxylic acids is 1. The number of benzene rings is 2. The van der Waals surface area contributed by atoms with Gasteiger partial charge in [0.15, 0.2) is 5.69 Å². The number of rotatable bonds is 3. The summed E-state index contributed by atoms with van der Waals surface area (Å²) in [5.74, 6) is -0.479. The van der Waals surface area contributed by atoms with Crippen molar-refractivity contribution >= 4 is 33.8 Å². The van der Waals surface area contributed by atoms with Crippen molar-refractivity contribution in [3.63, 3.8) is 0 Å². The van der Waals surface area contributed by atoms with Crippen LogP contribution < -0.4 is 11.0 Å². The molecule has 2 N–H and O–H groups in total. The van der Waals surface area contributed by atoms with E-state index in [1.165, 1.54) is 7.05 Å². The Balaban J connectivity index is 1.64. The summed E-state index contributed by atoms with van der Waals surface area (Å²) < 4.78 is 1.15. The summed E-state index contributed by atoms with van der Waals surface area (Å²) in [6.45, 7) is 0. The van der Waals surface area contributed by atoms with Gasteiger partial charge in [-0.15, -0.1) is 0 Å². The lowest BCUT2D eigenvalue weighted by molar-refractivity contribution is 0.0950. The highest BCUT2D eigenvalue weighted by atomic mass is 16.2. The van der Waals surface area contributed by atoms with Crippen LogP contribution >= 0.6 is 0 Å². The Morgan fingerprint density at radius 2 is 1.81 bits per heavy atom. The van der Waals surface area contributed by atoms with Crippen LogP contribution in [0.4, 0.5) is 0 Å². The lowest BCUT2D eigenvalue weighted by Gasteiger charge is -2.06. The van der Waals surface area contributed by atoms with E-state index < -0.39 is 5.91 Å². The third kappa shape index (κ3) is 2.65. The number of nitrogens with zero attached hydrogens (tertiary/aromatic N) is 3. The maximum absolute atomic E-state index is 12.5. The fourth-order valence-corrected chi connectivity index (χ4v) is 2.88. The SMILES string of the molecule is Cn1nc(C(=O)N/N=C/c2c[nH]c3ccccc23)c2ccccc2c1=O. The highest BCUT2D eigenvalue weighted by molar-refractivity contribution is 6.05.